The fraction of sp³-hybridized carbons (Fsp3) is 0.692. The molecule has 5 heteroatoms. The standard InChI is InChI=1S/C13H21N3O2/c1-2-4-16(5-6-17)13-8-12(14-10-15-13)11-3-7-18-9-11/h8,10-11,17H,2-7,9H2,1H3/t11-/m1/s1. The smallest absolute Gasteiger partial charge is 0.132 e. The first-order chi connectivity index (χ1) is 8.85. The van der Waals surface area contributed by atoms with E-state index in [0.29, 0.717) is 12.5 Å². The lowest BCUT2D eigenvalue weighted by atomic mass is 10.0. The van der Waals surface area contributed by atoms with E-state index >= 15 is 0 Å². The van der Waals surface area contributed by atoms with Gasteiger partial charge in [-0.3, -0.25) is 0 Å². The lowest BCUT2D eigenvalue weighted by Crippen LogP contribution is -2.28. The SMILES string of the molecule is CCCN(CCO)c1cc([C@@H]2CCOC2)ncn1. The Hall–Kier alpha value is -1.20. The molecule has 1 N–H and O–H groups in total. The van der Waals surface area contributed by atoms with Crippen molar-refractivity contribution in [2.24, 2.45) is 0 Å². The van der Waals surface area contributed by atoms with Gasteiger partial charge < -0.3 is 14.7 Å². The van der Waals surface area contributed by atoms with E-state index in [0.717, 1.165) is 44.1 Å². The highest BCUT2D eigenvalue weighted by molar-refractivity contribution is 5.39. The summed E-state index contributed by atoms with van der Waals surface area (Å²) in [6.07, 6.45) is 3.68. The second-order valence-electron chi connectivity index (χ2n) is 4.57. The average molecular weight is 251 g/mol. The molecule has 0 aromatic carbocycles. The van der Waals surface area contributed by atoms with Crippen LogP contribution in [0.5, 0.6) is 0 Å². The largest absolute Gasteiger partial charge is 0.395 e. The van der Waals surface area contributed by atoms with Gasteiger partial charge in [-0.1, -0.05) is 6.92 Å². The predicted octanol–water partition coefficient (Wildman–Crippen LogP) is 1.19. The van der Waals surface area contributed by atoms with Gasteiger partial charge in [0, 0.05) is 31.7 Å². The molecule has 1 aromatic heterocycles. The molecule has 1 atom stereocenters. The van der Waals surface area contributed by atoms with Gasteiger partial charge in [-0.05, 0) is 12.8 Å². The first kappa shape index (κ1) is 13.2. The zero-order valence-corrected chi connectivity index (χ0v) is 10.9. The minimum atomic E-state index is 0.145. The molecule has 1 fully saturated rings. The number of aromatic nitrogens is 2. The Morgan fingerprint density at radius 1 is 1.44 bits per heavy atom. The lowest BCUT2D eigenvalue weighted by Gasteiger charge is -2.22. The maximum Gasteiger partial charge on any atom is 0.132 e. The van der Waals surface area contributed by atoms with Crippen molar-refractivity contribution in [1.82, 2.24) is 9.97 Å². The van der Waals surface area contributed by atoms with Crippen LogP contribution in [0.1, 0.15) is 31.4 Å². The Balaban J connectivity index is 2.13. The summed E-state index contributed by atoms with van der Waals surface area (Å²) in [5, 5.41) is 9.10. The summed E-state index contributed by atoms with van der Waals surface area (Å²) in [4.78, 5) is 10.8. The highest BCUT2D eigenvalue weighted by Gasteiger charge is 2.20. The molecule has 1 saturated heterocycles. The summed E-state index contributed by atoms with van der Waals surface area (Å²) in [6.45, 7) is 5.36. The highest BCUT2D eigenvalue weighted by Crippen LogP contribution is 2.25. The predicted molar refractivity (Wildman–Crippen MR) is 69.8 cm³/mol. The summed E-state index contributed by atoms with van der Waals surface area (Å²) < 4.78 is 5.39. The van der Waals surface area contributed by atoms with Gasteiger partial charge in [0.05, 0.1) is 18.9 Å². The van der Waals surface area contributed by atoms with Gasteiger partial charge >= 0.3 is 0 Å². The minimum Gasteiger partial charge on any atom is -0.395 e. The lowest BCUT2D eigenvalue weighted by molar-refractivity contribution is 0.193. The van der Waals surface area contributed by atoms with E-state index in [1.165, 1.54) is 0 Å². The number of anilines is 1. The van der Waals surface area contributed by atoms with Gasteiger partial charge in [0.25, 0.3) is 0 Å². The Morgan fingerprint density at radius 3 is 3.00 bits per heavy atom. The molecule has 18 heavy (non-hydrogen) atoms. The summed E-state index contributed by atoms with van der Waals surface area (Å²) in [7, 11) is 0. The molecule has 0 unspecified atom stereocenters. The molecular weight excluding hydrogens is 230 g/mol. The number of ether oxygens (including phenoxy) is 1. The van der Waals surface area contributed by atoms with Gasteiger partial charge in [-0.25, -0.2) is 9.97 Å². The Kier molecular flexibility index (Phi) is 4.90. The van der Waals surface area contributed by atoms with Gasteiger partial charge in [-0.2, -0.15) is 0 Å². The summed E-state index contributed by atoms with van der Waals surface area (Å²) in [6, 6.07) is 2.03. The molecule has 1 aromatic rings. The van der Waals surface area contributed by atoms with Crippen LogP contribution in [0.15, 0.2) is 12.4 Å². The third kappa shape index (κ3) is 3.17. The van der Waals surface area contributed by atoms with E-state index < -0.39 is 0 Å². The fourth-order valence-corrected chi connectivity index (χ4v) is 2.26. The number of hydrogen-bond acceptors (Lipinski definition) is 5. The molecule has 0 aliphatic carbocycles. The molecule has 100 valence electrons. The van der Waals surface area contributed by atoms with E-state index in [2.05, 4.69) is 21.8 Å². The highest BCUT2D eigenvalue weighted by atomic mass is 16.5. The summed E-state index contributed by atoms with van der Waals surface area (Å²) >= 11 is 0. The Bertz CT molecular complexity index is 361. The number of aliphatic hydroxyl groups excluding tert-OH is 1. The van der Waals surface area contributed by atoms with Crippen molar-refractivity contribution < 1.29 is 9.84 Å². The molecular formula is C13H21N3O2. The van der Waals surface area contributed by atoms with Crippen LogP contribution >= 0.6 is 0 Å². The van der Waals surface area contributed by atoms with E-state index in [9.17, 15) is 0 Å². The molecule has 0 spiro atoms. The van der Waals surface area contributed by atoms with E-state index in [1.54, 1.807) is 6.33 Å². The van der Waals surface area contributed by atoms with Gasteiger partial charge in [-0.15, -0.1) is 0 Å². The van der Waals surface area contributed by atoms with Crippen LogP contribution in [0.25, 0.3) is 0 Å². The van der Waals surface area contributed by atoms with E-state index in [-0.39, 0.29) is 6.61 Å². The Labute approximate surface area is 108 Å². The van der Waals surface area contributed by atoms with Crippen molar-refractivity contribution in [3.8, 4) is 0 Å². The third-order valence-electron chi connectivity index (χ3n) is 3.21. The second-order valence-corrected chi connectivity index (χ2v) is 4.57. The molecule has 2 heterocycles. The van der Waals surface area contributed by atoms with E-state index in [4.69, 9.17) is 9.84 Å². The van der Waals surface area contributed by atoms with Crippen molar-refractivity contribution in [2.75, 3.05) is 37.8 Å². The molecule has 0 radical (unpaired) electrons. The zero-order valence-electron chi connectivity index (χ0n) is 10.9. The number of rotatable bonds is 6. The van der Waals surface area contributed by atoms with Crippen LogP contribution in [0, 0.1) is 0 Å². The van der Waals surface area contributed by atoms with Gasteiger partial charge in [0.2, 0.25) is 0 Å². The van der Waals surface area contributed by atoms with Crippen molar-refractivity contribution in [3.05, 3.63) is 18.1 Å². The van der Waals surface area contributed by atoms with Crippen LogP contribution < -0.4 is 4.90 Å². The molecule has 2 rings (SSSR count). The van der Waals surface area contributed by atoms with Crippen LogP contribution in [-0.2, 0) is 4.74 Å². The summed E-state index contributed by atoms with van der Waals surface area (Å²) in [5.74, 6) is 1.30. The van der Waals surface area contributed by atoms with Gasteiger partial charge in [0.15, 0.2) is 0 Å². The second kappa shape index (κ2) is 6.66. The van der Waals surface area contributed by atoms with Crippen molar-refractivity contribution in [3.63, 3.8) is 0 Å². The Morgan fingerprint density at radius 2 is 2.33 bits per heavy atom. The van der Waals surface area contributed by atoms with Crippen molar-refractivity contribution >= 4 is 5.82 Å². The van der Waals surface area contributed by atoms with E-state index in [1.807, 2.05) is 6.07 Å². The van der Waals surface area contributed by atoms with Gasteiger partial charge in [0.1, 0.15) is 12.1 Å². The first-order valence-electron chi connectivity index (χ1n) is 6.60. The monoisotopic (exact) mass is 251 g/mol. The first-order valence-corrected chi connectivity index (χ1v) is 6.60. The topological polar surface area (TPSA) is 58.5 Å². The van der Waals surface area contributed by atoms with Crippen molar-refractivity contribution in [2.45, 2.75) is 25.7 Å². The number of hydrogen-bond donors (Lipinski definition) is 1. The van der Waals surface area contributed by atoms with Crippen LogP contribution in [0.2, 0.25) is 0 Å². The van der Waals surface area contributed by atoms with Crippen LogP contribution in [0.4, 0.5) is 5.82 Å². The maximum atomic E-state index is 9.10. The quantitative estimate of drug-likeness (QED) is 0.823. The average Bonchev–Trinajstić information content (AvgIpc) is 2.93. The summed E-state index contributed by atoms with van der Waals surface area (Å²) in [5.41, 5.74) is 1.05. The molecule has 0 bridgehead atoms. The van der Waals surface area contributed by atoms with Crippen LogP contribution in [0.3, 0.4) is 0 Å². The third-order valence-corrected chi connectivity index (χ3v) is 3.21. The minimum absolute atomic E-state index is 0.145. The fourth-order valence-electron chi connectivity index (χ4n) is 2.26. The normalized spacial score (nSPS) is 19.1. The van der Waals surface area contributed by atoms with Crippen LogP contribution in [-0.4, -0.2) is 48.0 Å². The number of aliphatic hydroxyl groups is 1. The molecule has 0 saturated carbocycles. The number of nitrogens with zero attached hydrogens (tertiary/aromatic N) is 3. The zero-order chi connectivity index (χ0) is 12.8. The van der Waals surface area contributed by atoms with Crippen molar-refractivity contribution in [1.29, 1.82) is 0 Å². The maximum absolute atomic E-state index is 9.10. The molecule has 5 nitrogen and oxygen atoms in total. The molecule has 1 aliphatic heterocycles. The molecule has 1 aliphatic rings. The molecule has 0 amide bonds.